The third-order valence-corrected chi connectivity index (χ3v) is 5.39. The van der Waals surface area contributed by atoms with Crippen molar-refractivity contribution in [1.29, 1.82) is 0 Å². The Kier molecular flexibility index (Phi) is 6.20. The molecule has 1 amide bonds. The van der Waals surface area contributed by atoms with Crippen molar-refractivity contribution in [1.82, 2.24) is 14.9 Å². The van der Waals surface area contributed by atoms with E-state index in [-0.39, 0.29) is 12.1 Å². The zero-order valence-electron chi connectivity index (χ0n) is 18.1. The number of nitrogens with one attached hydrogen (secondary N) is 1. The van der Waals surface area contributed by atoms with Gasteiger partial charge in [0.25, 0.3) is 0 Å². The minimum Gasteiger partial charge on any atom is -0.444 e. The van der Waals surface area contributed by atoms with Gasteiger partial charge in [0.1, 0.15) is 11.4 Å². The van der Waals surface area contributed by atoms with E-state index in [0.717, 1.165) is 30.9 Å². The summed E-state index contributed by atoms with van der Waals surface area (Å²) < 4.78 is 11.0. The van der Waals surface area contributed by atoms with Gasteiger partial charge in [-0.2, -0.15) is 4.98 Å². The quantitative estimate of drug-likeness (QED) is 0.747. The van der Waals surface area contributed by atoms with Crippen molar-refractivity contribution in [3.63, 3.8) is 0 Å². The van der Waals surface area contributed by atoms with E-state index in [1.165, 1.54) is 0 Å². The second kappa shape index (κ2) is 8.88. The van der Waals surface area contributed by atoms with Gasteiger partial charge in [-0.15, -0.1) is 0 Å². The molecule has 4 rings (SSSR count). The lowest BCUT2D eigenvalue weighted by Crippen LogP contribution is -2.47. The van der Waals surface area contributed by atoms with Crippen LogP contribution in [0.25, 0.3) is 0 Å². The number of aromatic nitrogens is 2. The molecule has 2 aliphatic heterocycles. The van der Waals surface area contributed by atoms with Gasteiger partial charge in [0.15, 0.2) is 0 Å². The lowest BCUT2D eigenvalue weighted by Gasteiger charge is -2.41. The van der Waals surface area contributed by atoms with Crippen LogP contribution in [0.5, 0.6) is 0 Å². The van der Waals surface area contributed by atoms with E-state index in [1.807, 2.05) is 51.1 Å². The van der Waals surface area contributed by atoms with Crippen LogP contribution in [0.2, 0.25) is 5.02 Å². The number of carbonyl (C=O) groups is 1. The van der Waals surface area contributed by atoms with Crippen molar-refractivity contribution in [2.75, 3.05) is 43.1 Å². The van der Waals surface area contributed by atoms with Gasteiger partial charge in [0, 0.05) is 36.4 Å². The number of anilines is 3. The molecule has 2 aromatic rings. The summed E-state index contributed by atoms with van der Waals surface area (Å²) in [5, 5.41) is 4.01. The first-order chi connectivity index (χ1) is 14.8. The van der Waals surface area contributed by atoms with E-state index < -0.39 is 5.60 Å². The Morgan fingerprint density at radius 1 is 1.16 bits per heavy atom. The smallest absolute Gasteiger partial charge is 0.410 e. The SMILES string of the molecule is CC(C)(C)OC(=O)N1CCC1c1cc(Nc2ccc(Cl)cc2)nc(N2CCOCC2)n1. The van der Waals surface area contributed by atoms with Crippen LogP contribution < -0.4 is 10.2 Å². The van der Waals surface area contributed by atoms with E-state index in [2.05, 4.69) is 10.2 Å². The van der Waals surface area contributed by atoms with Crippen LogP contribution >= 0.6 is 11.6 Å². The summed E-state index contributed by atoms with van der Waals surface area (Å²) in [6, 6.07) is 9.21. The predicted octanol–water partition coefficient (Wildman–Crippen LogP) is 4.39. The maximum atomic E-state index is 12.6. The second-order valence-corrected chi connectivity index (χ2v) is 9.12. The number of halogens is 1. The zero-order valence-corrected chi connectivity index (χ0v) is 18.9. The van der Waals surface area contributed by atoms with E-state index in [0.29, 0.717) is 36.5 Å². The molecule has 1 atom stereocenters. The highest BCUT2D eigenvalue weighted by atomic mass is 35.5. The Hall–Kier alpha value is -2.58. The Bertz CT molecular complexity index is 926. The van der Waals surface area contributed by atoms with Crippen molar-refractivity contribution in [3.05, 3.63) is 41.0 Å². The number of likely N-dealkylation sites (tertiary alicyclic amines) is 1. The van der Waals surface area contributed by atoms with Crippen molar-refractivity contribution in [2.24, 2.45) is 0 Å². The zero-order chi connectivity index (χ0) is 22.0. The minimum atomic E-state index is -0.539. The molecule has 9 heteroatoms. The average molecular weight is 446 g/mol. The molecule has 0 aliphatic carbocycles. The molecule has 2 saturated heterocycles. The van der Waals surface area contributed by atoms with Crippen LogP contribution in [0.4, 0.5) is 22.2 Å². The first-order valence-corrected chi connectivity index (χ1v) is 10.9. The molecular weight excluding hydrogens is 418 g/mol. The number of amides is 1. The van der Waals surface area contributed by atoms with Gasteiger partial charge in [-0.3, -0.25) is 4.90 Å². The number of hydrogen-bond acceptors (Lipinski definition) is 7. The van der Waals surface area contributed by atoms with Crippen LogP contribution in [-0.2, 0) is 9.47 Å². The van der Waals surface area contributed by atoms with Gasteiger partial charge in [-0.25, -0.2) is 9.78 Å². The normalized spacial score (nSPS) is 19.0. The van der Waals surface area contributed by atoms with Gasteiger partial charge in [0.2, 0.25) is 5.95 Å². The summed E-state index contributed by atoms with van der Waals surface area (Å²) in [5.74, 6) is 1.30. The van der Waals surface area contributed by atoms with Gasteiger partial charge >= 0.3 is 6.09 Å². The number of carbonyl (C=O) groups excluding carboxylic acids is 1. The molecule has 0 radical (unpaired) electrons. The number of benzene rings is 1. The predicted molar refractivity (Wildman–Crippen MR) is 120 cm³/mol. The second-order valence-electron chi connectivity index (χ2n) is 8.69. The summed E-state index contributed by atoms with van der Waals surface area (Å²) in [4.78, 5) is 26.0. The highest BCUT2D eigenvalue weighted by molar-refractivity contribution is 6.30. The first kappa shape index (κ1) is 21.6. The monoisotopic (exact) mass is 445 g/mol. The summed E-state index contributed by atoms with van der Waals surface area (Å²) in [5.41, 5.74) is 1.13. The maximum Gasteiger partial charge on any atom is 0.410 e. The fourth-order valence-electron chi connectivity index (χ4n) is 3.51. The standard InChI is InChI=1S/C22H28ClN5O3/c1-22(2,3)31-21(29)28-9-8-18(28)17-14-19(24-16-6-4-15(23)5-7-16)26-20(25-17)27-10-12-30-13-11-27/h4-7,14,18H,8-13H2,1-3H3,(H,24,25,26). The highest BCUT2D eigenvalue weighted by Crippen LogP contribution is 2.35. The van der Waals surface area contributed by atoms with Gasteiger partial charge in [-0.05, 0) is 51.5 Å². The van der Waals surface area contributed by atoms with Crippen molar-refractivity contribution in [2.45, 2.75) is 38.8 Å². The number of ether oxygens (including phenoxy) is 2. The fraction of sp³-hybridized carbons (Fsp3) is 0.500. The summed E-state index contributed by atoms with van der Waals surface area (Å²) in [7, 11) is 0. The molecule has 0 saturated carbocycles. The summed E-state index contributed by atoms with van der Waals surface area (Å²) in [6.45, 7) is 8.99. The molecule has 1 unspecified atom stereocenters. The van der Waals surface area contributed by atoms with Crippen LogP contribution in [0.15, 0.2) is 30.3 Å². The molecule has 3 heterocycles. The van der Waals surface area contributed by atoms with E-state index >= 15 is 0 Å². The first-order valence-electron chi connectivity index (χ1n) is 10.5. The van der Waals surface area contributed by atoms with Crippen LogP contribution in [0.3, 0.4) is 0 Å². The van der Waals surface area contributed by atoms with Gasteiger partial charge in [0.05, 0.1) is 24.9 Å². The lowest BCUT2D eigenvalue weighted by molar-refractivity contribution is -0.00653. The number of rotatable bonds is 4. The Balaban J connectivity index is 1.61. The molecule has 1 aromatic carbocycles. The summed E-state index contributed by atoms with van der Waals surface area (Å²) >= 11 is 6.00. The Morgan fingerprint density at radius 2 is 1.87 bits per heavy atom. The van der Waals surface area contributed by atoms with Crippen LogP contribution in [0.1, 0.15) is 38.9 Å². The molecule has 0 bridgehead atoms. The topological polar surface area (TPSA) is 79.8 Å². The maximum absolute atomic E-state index is 12.6. The largest absolute Gasteiger partial charge is 0.444 e. The van der Waals surface area contributed by atoms with Crippen molar-refractivity contribution < 1.29 is 14.3 Å². The molecule has 0 spiro atoms. The number of hydrogen-bond donors (Lipinski definition) is 1. The minimum absolute atomic E-state index is 0.136. The molecule has 1 N–H and O–H groups in total. The molecule has 31 heavy (non-hydrogen) atoms. The third kappa shape index (κ3) is 5.37. The van der Waals surface area contributed by atoms with Crippen LogP contribution in [0, 0.1) is 0 Å². The Labute approximate surface area is 187 Å². The Morgan fingerprint density at radius 3 is 2.48 bits per heavy atom. The average Bonchev–Trinajstić information content (AvgIpc) is 2.68. The molecule has 2 aliphatic rings. The fourth-order valence-corrected chi connectivity index (χ4v) is 3.63. The number of nitrogens with zero attached hydrogens (tertiary/aromatic N) is 4. The third-order valence-electron chi connectivity index (χ3n) is 5.13. The van der Waals surface area contributed by atoms with Crippen molar-refractivity contribution >= 4 is 35.1 Å². The van der Waals surface area contributed by atoms with Gasteiger partial charge < -0.3 is 19.7 Å². The van der Waals surface area contributed by atoms with Crippen molar-refractivity contribution in [3.8, 4) is 0 Å². The van der Waals surface area contributed by atoms with E-state index in [4.69, 9.17) is 31.0 Å². The summed E-state index contributed by atoms with van der Waals surface area (Å²) in [6.07, 6.45) is 0.515. The molecular formula is C22H28ClN5O3. The van der Waals surface area contributed by atoms with E-state index in [9.17, 15) is 4.79 Å². The molecule has 8 nitrogen and oxygen atoms in total. The van der Waals surface area contributed by atoms with Crippen LogP contribution in [-0.4, -0.2) is 59.4 Å². The molecule has 166 valence electrons. The van der Waals surface area contributed by atoms with Gasteiger partial charge in [-0.1, -0.05) is 11.6 Å². The number of morpholine rings is 1. The van der Waals surface area contributed by atoms with E-state index in [1.54, 1.807) is 4.90 Å². The lowest BCUT2D eigenvalue weighted by atomic mass is 10.00. The molecule has 1 aromatic heterocycles. The molecule has 2 fully saturated rings. The highest BCUT2D eigenvalue weighted by Gasteiger charge is 2.38.